The minimum absolute atomic E-state index is 0.137. The number of unbranched alkanes of at least 4 members (excludes halogenated alkanes) is 1. The minimum Gasteiger partial charge on any atom is -0.496 e. The molecular formula is C21H27NO3. The molecule has 4 heteroatoms. The number of ether oxygens (including phenoxy) is 2. The first-order chi connectivity index (χ1) is 12.2. The minimum atomic E-state index is -0.137. The van der Waals surface area contributed by atoms with Crippen molar-refractivity contribution in [2.75, 3.05) is 19.0 Å². The van der Waals surface area contributed by atoms with E-state index >= 15 is 0 Å². The number of benzene rings is 2. The fraction of sp³-hybridized carbons (Fsp3) is 0.381. The highest BCUT2D eigenvalue weighted by Gasteiger charge is 2.11. The van der Waals surface area contributed by atoms with Gasteiger partial charge in [-0.05, 0) is 48.7 Å². The van der Waals surface area contributed by atoms with Crippen molar-refractivity contribution >= 4 is 11.6 Å². The number of carbonyl (C=O) groups excluding carboxylic acids is 1. The number of hydrogen-bond donors (Lipinski definition) is 1. The first-order valence-electron chi connectivity index (χ1n) is 8.82. The van der Waals surface area contributed by atoms with E-state index in [4.69, 9.17) is 9.47 Å². The zero-order chi connectivity index (χ0) is 18.1. The predicted octanol–water partition coefficient (Wildman–Crippen LogP) is 4.83. The van der Waals surface area contributed by atoms with E-state index in [1.807, 2.05) is 36.4 Å². The highest BCUT2D eigenvalue weighted by molar-refractivity contribution is 6.04. The summed E-state index contributed by atoms with van der Waals surface area (Å²) in [5.74, 6) is 0.599. The summed E-state index contributed by atoms with van der Waals surface area (Å²) in [6, 6.07) is 13.3. The first-order valence-corrected chi connectivity index (χ1v) is 8.82. The molecule has 2 aromatic carbocycles. The molecule has 2 aromatic rings. The highest BCUT2D eigenvalue weighted by atomic mass is 16.5. The molecule has 1 amide bonds. The van der Waals surface area contributed by atoms with Gasteiger partial charge in [-0.3, -0.25) is 4.79 Å². The summed E-state index contributed by atoms with van der Waals surface area (Å²) in [6.45, 7) is 5.38. The summed E-state index contributed by atoms with van der Waals surface area (Å²) >= 11 is 0. The second kappa shape index (κ2) is 9.84. The third-order valence-corrected chi connectivity index (χ3v) is 4.06. The molecule has 0 unspecified atom stereocenters. The maximum absolute atomic E-state index is 12.5. The average Bonchev–Trinajstić information content (AvgIpc) is 2.65. The highest BCUT2D eigenvalue weighted by Crippen LogP contribution is 2.22. The fourth-order valence-electron chi connectivity index (χ4n) is 2.49. The molecule has 4 nitrogen and oxygen atoms in total. The van der Waals surface area contributed by atoms with Crippen LogP contribution in [-0.4, -0.2) is 19.6 Å². The van der Waals surface area contributed by atoms with E-state index < -0.39 is 0 Å². The van der Waals surface area contributed by atoms with Gasteiger partial charge in [0.15, 0.2) is 0 Å². The Bertz CT molecular complexity index is 680. The third-order valence-electron chi connectivity index (χ3n) is 4.06. The van der Waals surface area contributed by atoms with Gasteiger partial charge in [0.2, 0.25) is 0 Å². The van der Waals surface area contributed by atoms with Gasteiger partial charge in [0.1, 0.15) is 5.75 Å². The van der Waals surface area contributed by atoms with Gasteiger partial charge in [-0.15, -0.1) is 0 Å². The van der Waals surface area contributed by atoms with E-state index in [1.165, 1.54) is 5.56 Å². The number of carbonyl (C=O) groups is 1. The lowest BCUT2D eigenvalue weighted by Gasteiger charge is -2.12. The summed E-state index contributed by atoms with van der Waals surface area (Å²) in [7, 11) is 1.62. The number of aryl methyl sites for hydroxylation is 1. The maximum Gasteiger partial charge on any atom is 0.255 e. The van der Waals surface area contributed by atoms with Gasteiger partial charge in [0.25, 0.3) is 5.91 Å². The van der Waals surface area contributed by atoms with Crippen LogP contribution in [0, 0.1) is 0 Å². The first kappa shape index (κ1) is 19.0. The summed E-state index contributed by atoms with van der Waals surface area (Å²) in [4.78, 5) is 12.5. The number of methoxy groups -OCH3 is 1. The summed E-state index contributed by atoms with van der Waals surface area (Å²) < 4.78 is 11.0. The zero-order valence-electron chi connectivity index (χ0n) is 15.3. The van der Waals surface area contributed by atoms with Gasteiger partial charge in [-0.2, -0.15) is 0 Å². The van der Waals surface area contributed by atoms with Crippen molar-refractivity contribution in [1.29, 1.82) is 0 Å². The van der Waals surface area contributed by atoms with Crippen molar-refractivity contribution in [2.45, 2.75) is 39.7 Å². The van der Waals surface area contributed by atoms with Crippen LogP contribution < -0.4 is 10.1 Å². The lowest BCUT2D eigenvalue weighted by Crippen LogP contribution is -2.12. The Morgan fingerprint density at radius 1 is 1.08 bits per heavy atom. The van der Waals surface area contributed by atoms with E-state index in [9.17, 15) is 4.79 Å². The summed E-state index contributed by atoms with van der Waals surface area (Å²) in [5.41, 5.74) is 3.51. The largest absolute Gasteiger partial charge is 0.496 e. The van der Waals surface area contributed by atoms with Crippen molar-refractivity contribution in [1.82, 2.24) is 0 Å². The standard InChI is InChI=1S/C21H27NO3/c1-4-6-13-25-15-18-14-17(9-12-20(18)24-3)21(23)22-19-10-7-16(5-2)8-11-19/h7-12,14H,4-6,13,15H2,1-3H3,(H,22,23). The molecule has 0 aliphatic heterocycles. The Morgan fingerprint density at radius 3 is 2.48 bits per heavy atom. The van der Waals surface area contributed by atoms with Crippen LogP contribution in [0.25, 0.3) is 0 Å². The van der Waals surface area contributed by atoms with Crippen LogP contribution in [0.5, 0.6) is 5.75 Å². The monoisotopic (exact) mass is 341 g/mol. The Labute approximate surface area is 150 Å². The number of hydrogen-bond acceptors (Lipinski definition) is 3. The van der Waals surface area contributed by atoms with Crippen molar-refractivity contribution in [3.05, 3.63) is 59.2 Å². The van der Waals surface area contributed by atoms with Gasteiger partial charge in [-0.25, -0.2) is 0 Å². The molecular weight excluding hydrogens is 314 g/mol. The van der Waals surface area contributed by atoms with Crippen molar-refractivity contribution in [2.24, 2.45) is 0 Å². The quantitative estimate of drug-likeness (QED) is 0.665. The molecule has 0 heterocycles. The Morgan fingerprint density at radius 2 is 1.84 bits per heavy atom. The second-order valence-corrected chi connectivity index (χ2v) is 5.94. The van der Waals surface area contributed by atoms with E-state index in [2.05, 4.69) is 19.2 Å². The second-order valence-electron chi connectivity index (χ2n) is 5.94. The van der Waals surface area contributed by atoms with Crippen LogP contribution in [0.1, 0.15) is 48.2 Å². The van der Waals surface area contributed by atoms with Gasteiger partial charge in [0.05, 0.1) is 13.7 Å². The summed E-state index contributed by atoms with van der Waals surface area (Å²) in [6.07, 6.45) is 3.10. The lowest BCUT2D eigenvalue weighted by molar-refractivity contribution is 0.102. The van der Waals surface area contributed by atoms with Crippen LogP contribution in [-0.2, 0) is 17.8 Å². The molecule has 0 fully saturated rings. The molecule has 0 aliphatic rings. The molecule has 25 heavy (non-hydrogen) atoms. The van der Waals surface area contributed by atoms with E-state index in [1.54, 1.807) is 13.2 Å². The molecule has 0 spiro atoms. The zero-order valence-corrected chi connectivity index (χ0v) is 15.3. The maximum atomic E-state index is 12.5. The van der Waals surface area contributed by atoms with Crippen molar-refractivity contribution in [3.8, 4) is 5.75 Å². The Hall–Kier alpha value is -2.33. The molecule has 0 bridgehead atoms. The predicted molar refractivity (Wildman–Crippen MR) is 101 cm³/mol. The van der Waals surface area contributed by atoms with Crippen molar-refractivity contribution < 1.29 is 14.3 Å². The van der Waals surface area contributed by atoms with Crippen LogP contribution in [0.15, 0.2) is 42.5 Å². The smallest absolute Gasteiger partial charge is 0.255 e. The van der Waals surface area contributed by atoms with E-state index in [-0.39, 0.29) is 5.91 Å². The molecule has 0 aromatic heterocycles. The number of rotatable bonds is 9. The number of nitrogens with one attached hydrogen (secondary N) is 1. The number of amides is 1. The lowest BCUT2D eigenvalue weighted by atomic mass is 10.1. The van der Waals surface area contributed by atoms with Crippen molar-refractivity contribution in [3.63, 3.8) is 0 Å². The Balaban J connectivity index is 2.07. The molecule has 1 N–H and O–H groups in total. The van der Waals surface area contributed by atoms with Crippen LogP contribution in [0.4, 0.5) is 5.69 Å². The Kier molecular flexibility index (Phi) is 7.48. The van der Waals surface area contributed by atoms with Gasteiger partial charge >= 0.3 is 0 Å². The van der Waals surface area contributed by atoms with Crippen LogP contribution in [0.2, 0.25) is 0 Å². The SMILES string of the molecule is CCCCOCc1cc(C(=O)Nc2ccc(CC)cc2)ccc1OC. The summed E-state index contributed by atoms with van der Waals surface area (Å²) in [5, 5.41) is 2.93. The van der Waals surface area contributed by atoms with Crippen LogP contribution >= 0.6 is 0 Å². The molecule has 0 aliphatic carbocycles. The molecule has 0 saturated carbocycles. The normalized spacial score (nSPS) is 10.5. The average molecular weight is 341 g/mol. The third kappa shape index (κ3) is 5.61. The molecule has 134 valence electrons. The fourth-order valence-corrected chi connectivity index (χ4v) is 2.49. The van der Waals surface area contributed by atoms with E-state index in [0.29, 0.717) is 18.8 Å². The van der Waals surface area contributed by atoms with Gasteiger partial charge in [0, 0.05) is 23.4 Å². The number of anilines is 1. The van der Waals surface area contributed by atoms with Gasteiger partial charge in [-0.1, -0.05) is 32.4 Å². The van der Waals surface area contributed by atoms with Crippen LogP contribution in [0.3, 0.4) is 0 Å². The molecule has 2 rings (SSSR count). The van der Waals surface area contributed by atoms with Gasteiger partial charge < -0.3 is 14.8 Å². The topological polar surface area (TPSA) is 47.6 Å². The molecule has 0 saturated heterocycles. The molecule has 0 atom stereocenters. The van der Waals surface area contributed by atoms with E-state index in [0.717, 1.165) is 36.3 Å². The molecule has 0 radical (unpaired) electrons.